The molecule has 0 aliphatic rings. The smallest absolute Gasteiger partial charge is 0.119 e. The van der Waals surface area contributed by atoms with E-state index in [4.69, 9.17) is 4.74 Å². The first-order valence-corrected chi connectivity index (χ1v) is 12.1. The molecule has 0 saturated carbocycles. The zero-order chi connectivity index (χ0) is 19.9. The minimum Gasteiger partial charge on any atom is -0.494 e. The second-order valence-corrected chi connectivity index (χ2v) is 10.5. The fraction of sp³-hybridized carbons (Fsp3) is 0.111. The number of rotatable bonds is 7. The van der Waals surface area contributed by atoms with Crippen molar-refractivity contribution in [3.63, 3.8) is 0 Å². The lowest BCUT2D eigenvalue weighted by molar-refractivity contribution is 0.340. The summed E-state index contributed by atoms with van der Waals surface area (Å²) in [6.45, 7) is 2.71. The first-order chi connectivity index (χ1) is 14.3. The van der Waals surface area contributed by atoms with Gasteiger partial charge >= 0.3 is 0 Å². The summed E-state index contributed by atoms with van der Waals surface area (Å²) in [7, 11) is -1.87. The normalized spacial score (nSPS) is 11.2. The molecule has 4 rings (SSSR count). The van der Waals surface area contributed by atoms with Crippen LogP contribution in [0.25, 0.3) is 0 Å². The van der Waals surface area contributed by atoms with Gasteiger partial charge in [-0.3, -0.25) is 0 Å². The van der Waals surface area contributed by atoms with E-state index in [0.717, 1.165) is 11.9 Å². The Morgan fingerprint density at radius 1 is 0.586 bits per heavy atom. The second-order valence-electron chi connectivity index (χ2n) is 7.05. The summed E-state index contributed by atoms with van der Waals surface area (Å²) < 4.78 is 5.79. The SMILES string of the molecule is CCOc1cccc(C[P+](c2ccccc2)(c2ccccc2)c2ccccc2)c1. The second kappa shape index (κ2) is 9.07. The third kappa shape index (κ3) is 4.11. The lowest BCUT2D eigenvalue weighted by Crippen LogP contribution is -2.32. The molecular formula is C27H26OP+. The average molecular weight is 397 g/mol. The predicted octanol–water partition coefficient (Wildman–Crippen LogP) is 5.58. The van der Waals surface area contributed by atoms with Gasteiger partial charge in [-0.05, 0) is 61.0 Å². The van der Waals surface area contributed by atoms with E-state index < -0.39 is 7.26 Å². The van der Waals surface area contributed by atoms with Gasteiger partial charge in [0.25, 0.3) is 0 Å². The Labute approximate surface area is 174 Å². The van der Waals surface area contributed by atoms with Gasteiger partial charge in [-0.25, -0.2) is 0 Å². The minimum absolute atomic E-state index is 0.680. The topological polar surface area (TPSA) is 9.23 Å². The van der Waals surface area contributed by atoms with Gasteiger partial charge in [0.2, 0.25) is 0 Å². The standard InChI is InChI=1S/C27H26OP/c1-2-28-24-14-12-13-23(21-24)22-29(25-15-6-3-7-16-25,26-17-8-4-9-18-26)27-19-10-5-11-20-27/h3-21H,2,22H2,1H3/q+1. The molecule has 0 aliphatic carbocycles. The largest absolute Gasteiger partial charge is 0.494 e. The Balaban J connectivity index is 1.94. The third-order valence-electron chi connectivity index (χ3n) is 5.22. The molecule has 144 valence electrons. The van der Waals surface area contributed by atoms with Crippen molar-refractivity contribution in [2.24, 2.45) is 0 Å². The summed E-state index contributed by atoms with van der Waals surface area (Å²) in [6, 6.07) is 41.6. The maximum absolute atomic E-state index is 5.79. The maximum Gasteiger partial charge on any atom is 0.119 e. The molecule has 4 aromatic carbocycles. The lowest BCUT2D eigenvalue weighted by Gasteiger charge is -2.28. The van der Waals surface area contributed by atoms with E-state index in [1.54, 1.807) is 0 Å². The monoisotopic (exact) mass is 397 g/mol. The van der Waals surface area contributed by atoms with Crippen molar-refractivity contribution in [1.82, 2.24) is 0 Å². The Bertz CT molecular complexity index is 933. The predicted molar refractivity (Wildman–Crippen MR) is 126 cm³/mol. The highest BCUT2D eigenvalue weighted by Gasteiger charge is 2.45. The molecule has 0 saturated heterocycles. The zero-order valence-electron chi connectivity index (χ0n) is 16.7. The number of benzene rings is 4. The van der Waals surface area contributed by atoms with Crippen molar-refractivity contribution in [1.29, 1.82) is 0 Å². The fourth-order valence-corrected chi connectivity index (χ4v) is 8.17. The molecule has 0 fully saturated rings. The minimum atomic E-state index is -1.87. The Morgan fingerprint density at radius 2 is 1.07 bits per heavy atom. The van der Waals surface area contributed by atoms with Crippen molar-refractivity contribution in [3.8, 4) is 5.75 Å². The highest BCUT2D eigenvalue weighted by atomic mass is 31.2. The molecule has 0 heterocycles. The first kappa shape index (κ1) is 19.4. The fourth-order valence-electron chi connectivity index (χ4n) is 3.94. The maximum atomic E-state index is 5.79. The van der Waals surface area contributed by atoms with E-state index >= 15 is 0 Å². The van der Waals surface area contributed by atoms with E-state index in [1.807, 2.05) is 13.0 Å². The van der Waals surface area contributed by atoms with Gasteiger partial charge in [0.05, 0.1) is 12.8 Å². The number of hydrogen-bond acceptors (Lipinski definition) is 1. The number of ether oxygens (including phenoxy) is 1. The van der Waals surface area contributed by atoms with Crippen molar-refractivity contribution in [3.05, 3.63) is 121 Å². The summed E-state index contributed by atoms with van der Waals surface area (Å²) >= 11 is 0. The molecule has 29 heavy (non-hydrogen) atoms. The summed E-state index contributed by atoms with van der Waals surface area (Å²) in [5, 5.41) is 4.21. The zero-order valence-corrected chi connectivity index (χ0v) is 17.6. The summed E-state index contributed by atoms with van der Waals surface area (Å²) in [4.78, 5) is 0. The van der Waals surface area contributed by atoms with Crippen molar-refractivity contribution in [2.45, 2.75) is 13.1 Å². The van der Waals surface area contributed by atoms with Crippen molar-refractivity contribution >= 4 is 23.2 Å². The molecule has 0 aromatic heterocycles. The first-order valence-electron chi connectivity index (χ1n) is 10.1. The highest BCUT2D eigenvalue weighted by molar-refractivity contribution is 7.95. The van der Waals surface area contributed by atoms with Crippen LogP contribution in [0.15, 0.2) is 115 Å². The van der Waals surface area contributed by atoms with Crippen LogP contribution in [0.4, 0.5) is 0 Å². The third-order valence-corrected chi connectivity index (χ3v) is 9.60. The van der Waals surface area contributed by atoms with Crippen LogP contribution in [0.5, 0.6) is 5.75 Å². The summed E-state index contributed by atoms with van der Waals surface area (Å²) in [6.07, 6.45) is 0.964. The molecular weight excluding hydrogens is 371 g/mol. The molecule has 0 N–H and O–H groups in total. The Morgan fingerprint density at radius 3 is 1.52 bits per heavy atom. The van der Waals surface area contributed by atoms with Gasteiger partial charge in [-0.15, -0.1) is 0 Å². The van der Waals surface area contributed by atoms with E-state index in [1.165, 1.54) is 21.5 Å². The van der Waals surface area contributed by atoms with Crippen molar-refractivity contribution < 1.29 is 4.74 Å². The molecule has 0 radical (unpaired) electrons. The molecule has 0 amide bonds. The van der Waals surface area contributed by atoms with Crippen LogP contribution in [0.3, 0.4) is 0 Å². The Hall–Kier alpha value is -2.89. The van der Waals surface area contributed by atoms with Crippen LogP contribution in [0.1, 0.15) is 12.5 Å². The lowest BCUT2D eigenvalue weighted by atomic mass is 10.2. The van der Waals surface area contributed by atoms with Crippen LogP contribution in [-0.4, -0.2) is 6.61 Å². The van der Waals surface area contributed by atoms with Crippen LogP contribution >= 0.6 is 7.26 Å². The quantitative estimate of drug-likeness (QED) is 0.370. The van der Waals surface area contributed by atoms with Gasteiger partial charge in [0, 0.05) is 0 Å². The molecule has 4 aromatic rings. The molecule has 0 unspecified atom stereocenters. The molecule has 0 aliphatic heterocycles. The van der Waals surface area contributed by atoms with Gasteiger partial charge in [-0.2, -0.15) is 0 Å². The van der Waals surface area contributed by atoms with Gasteiger partial charge < -0.3 is 4.74 Å². The molecule has 2 heteroatoms. The molecule has 1 nitrogen and oxygen atoms in total. The molecule has 0 spiro atoms. The van der Waals surface area contributed by atoms with Crippen LogP contribution in [-0.2, 0) is 6.16 Å². The Kier molecular flexibility index (Phi) is 6.08. The van der Waals surface area contributed by atoms with E-state index in [-0.39, 0.29) is 0 Å². The summed E-state index contributed by atoms with van der Waals surface area (Å²) in [5.74, 6) is 0.942. The van der Waals surface area contributed by atoms with Gasteiger partial charge in [-0.1, -0.05) is 66.7 Å². The van der Waals surface area contributed by atoms with Crippen molar-refractivity contribution in [2.75, 3.05) is 6.61 Å². The van der Waals surface area contributed by atoms with Crippen LogP contribution < -0.4 is 20.7 Å². The summed E-state index contributed by atoms with van der Waals surface area (Å²) in [5.41, 5.74) is 1.31. The molecule has 0 bridgehead atoms. The van der Waals surface area contributed by atoms with Crippen LogP contribution in [0, 0.1) is 0 Å². The average Bonchev–Trinajstić information content (AvgIpc) is 2.80. The van der Waals surface area contributed by atoms with E-state index in [9.17, 15) is 0 Å². The van der Waals surface area contributed by atoms with E-state index in [2.05, 4.69) is 109 Å². The van der Waals surface area contributed by atoms with Gasteiger partial charge in [0.1, 0.15) is 28.9 Å². The van der Waals surface area contributed by atoms with E-state index in [0.29, 0.717) is 6.61 Å². The van der Waals surface area contributed by atoms with Gasteiger partial charge in [0.15, 0.2) is 0 Å². The number of hydrogen-bond donors (Lipinski definition) is 0. The molecule has 0 atom stereocenters. The highest BCUT2D eigenvalue weighted by Crippen LogP contribution is 2.58. The van der Waals surface area contributed by atoms with Crippen LogP contribution in [0.2, 0.25) is 0 Å².